The monoisotopic (exact) mass is 516 g/mol. The number of hydrogen-bond acceptors (Lipinski definition) is 3. The van der Waals surface area contributed by atoms with Gasteiger partial charge in [-0.25, -0.2) is 4.39 Å². The first-order chi connectivity index (χ1) is 13.1. The molecule has 28 heavy (non-hydrogen) atoms. The van der Waals surface area contributed by atoms with Gasteiger partial charge in [0.2, 0.25) is 0 Å². The molecule has 0 fully saturated rings. The molecule has 0 aliphatic carbocycles. The van der Waals surface area contributed by atoms with Crippen molar-refractivity contribution in [2.75, 3.05) is 32.9 Å². The Labute approximate surface area is 187 Å². The largest absolute Gasteiger partial charge is 0.356 e. The van der Waals surface area contributed by atoms with Crippen molar-refractivity contribution in [3.05, 3.63) is 65.5 Å². The maximum Gasteiger partial charge on any atom is 0.251 e. The Kier molecular flexibility index (Phi) is 11.6. The molecule has 152 valence electrons. The number of aliphatic imine (C=N–C) groups is 1. The fraction of sp³-hybridized carbons (Fsp3) is 0.300. The zero-order valence-corrected chi connectivity index (χ0v) is 19.1. The minimum Gasteiger partial charge on any atom is -0.356 e. The fourth-order valence-electron chi connectivity index (χ4n) is 2.45. The van der Waals surface area contributed by atoms with Crippen molar-refractivity contribution < 1.29 is 9.18 Å². The average molecular weight is 516 g/mol. The summed E-state index contributed by atoms with van der Waals surface area (Å²) in [6, 6.07) is 14.3. The lowest BCUT2D eigenvalue weighted by Gasteiger charge is -2.12. The highest BCUT2D eigenvalue weighted by atomic mass is 127. The van der Waals surface area contributed by atoms with Crippen LogP contribution < -0.4 is 16.0 Å². The number of carbonyl (C=O) groups is 1. The number of benzene rings is 2. The number of rotatable bonds is 8. The highest BCUT2D eigenvalue weighted by Gasteiger charge is 2.04. The Morgan fingerprint density at radius 3 is 2.57 bits per heavy atom. The summed E-state index contributed by atoms with van der Waals surface area (Å²) in [5, 5.41) is 9.09. The molecule has 0 spiro atoms. The van der Waals surface area contributed by atoms with Crippen LogP contribution in [0.2, 0.25) is 0 Å². The average Bonchev–Trinajstić information content (AvgIpc) is 2.70. The highest BCUT2D eigenvalue weighted by molar-refractivity contribution is 14.0. The normalized spacial score (nSPS) is 10.8. The first kappa shape index (κ1) is 24.2. The van der Waals surface area contributed by atoms with Crippen molar-refractivity contribution in [1.29, 1.82) is 0 Å². The van der Waals surface area contributed by atoms with Gasteiger partial charge in [0.25, 0.3) is 5.91 Å². The van der Waals surface area contributed by atoms with Crippen molar-refractivity contribution in [2.24, 2.45) is 4.99 Å². The molecule has 0 unspecified atom stereocenters. The van der Waals surface area contributed by atoms with E-state index in [0.717, 1.165) is 17.7 Å². The van der Waals surface area contributed by atoms with Crippen LogP contribution in [0.5, 0.6) is 0 Å². The highest BCUT2D eigenvalue weighted by Crippen LogP contribution is 2.20. The summed E-state index contributed by atoms with van der Waals surface area (Å²) < 4.78 is 13.6. The molecule has 3 N–H and O–H groups in total. The minimum absolute atomic E-state index is 0. The first-order valence-electron chi connectivity index (χ1n) is 8.77. The minimum atomic E-state index is -0.191. The van der Waals surface area contributed by atoms with Gasteiger partial charge < -0.3 is 16.0 Å². The van der Waals surface area contributed by atoms with Crippen molar-refractivity contribution in [1.82, 2.24) is 16.0 Å². The van der Waals surface area contributed by atoms with Gasteiger partial charge in [-0.15, -0.1) is 35.7 Å². The molecule has 0 radical (unpaired) electrons. The standard InChI is InChI=1S/C20H25FN4OS.HI/c1-22-19(26)16-7-5-6-15(14-16)10-11-24-20(23-2)25-12-13-27-18-9-4-3-8-17(18)21;/h3-9,14H,10-13H2,1-2H3,(H,22,26)(H2,23,24,25);1H. The number of hydrogen-bond donors (Lipinski definition) is 3. The Hall–Kier alpha value is -1.81. The van der Waals surface area contributed by atoms with Crippen LogP contribution in [0, 0.1) is 5.82 Å². The third kappa shape index (κ3) is 8.05. The third-order valence-electron chi connectivity index (χ3n) is 3.83. The number of carbonyl (C=O) groups excluding carboxylic acids is 1. The molecular weight excluding hydrogens is 490 g/mol. The SMILES string of the molecule is CN=C(NCCSc1ccccc1F)NCCc1cccc(C(=O)NC)c1.I. The number of nitrogens with zero attached hydrogens (tertiary/aromatic N) is 1. The number of amides is 1. The lowest BCUT2D eigenvalue weighted by Crippen LogP contribution is -2.39. The van der Waals surface area contributed by atoms with Gasteiger partial charge in [0.05, 0.1) is 0 Å². The maximum absolute atomic E-state index is 13.6. The second kappa shape index (κ2) is 13.4. The Balaban J connectivity index is 0.00000392. The second-order valence-electron chi connectivity index (χ2n) is 5.73. The van der Waals surface area contributed by atoms with E-state index in [2.05, 4.69) is 20.9 Å². The second-order valence-corrected chi connectivity index (χ2v) is 6.87. The maximum atomic E-state index is 13.6. The molecule has 0 saturated heterocycles. The van der Waals surface area contributed by atoms with Crippen LogP contribution in [-0.4, -0.2) is 44.8 Å². The number of thioether (sulfide) groups is 1. The predicted octanol–water partition coefficient (Wildman–Crippen LogP) is 3.30. The summed E-state index contributed by atoms with van der Waals surface area (Å²) in [6.07, 6.45) is 0.773. The van der Waals surface area contributed by atoms with Crippen molar-refractivity contribution in [3.8, 4) is 0 Å². The fourth-order valence-corrected chi connectivity index (χ4v) is 3.26. The Morgan fingerprint density at radius 2 is 1.86 bits per heavy atom. The van der Waals surface area contributed by atoms with Crippen LogP contribution in [0.25, 0.3) is 0 Å². The van der Waals surface area contributed by atoms with E-state index in [0.29, 0.717) is 29.5 Å². The molecule has 0 atom stereocenters. The molecule has 0 heterocycles. The van der Waals surface area contributed by atoms with Crippen molar-refractivity contribution in [3.63, 3.8) is 0 Å². The van der Waals surface area contributed by atoms with Crippen LogP contribution in [0.1, 0.15) is 15.9 Å². The molecule has 0 aromatic heterocycles. The van der Waals surface area contributed by atoms with Crippen LogP contribution in [0.3, 0.4) is 0 Å². The lowest BCUT2D eigenvalue weighted by atomic mass is 10.1. The van der Waals surface area contributed by atoms with E-state index in [1.54, 1.807) is 32.3 Å². The van der Waals surface area contributed by atoms with Crippen LogP contribution in [-0.2, 0) is 6.42 Å². The molecule has 0 bridgehead atoms. The van der Waals surface area contributed by atoms with Gasteiger partial charge in [-0.1, -0.05) is 24.3 Å². The Bertz CT molecular complexity index is 788. The van der Waals surface area contributed by atoms with Crippen molar-refractivity contribution >= 4 is 47.6 Å². The van der Waals surface area contributed by atoms with Gasteiger partial charge in [0.15, 0.2) is 5.96 Å². The van der Waals surface area contributed by atoms with Crippen LogP contribution in [0.4, 0.5) is 4.39 Å². The molecule has 8 heteroatoms. The summed E-state index contributed by atoms with van der Waals surface area (Å²) in [6.45, 7) is 1.36. The topological polar surface area (TPSA) is 65.5 Å². The van der Waals surface area contributed by atoms with Gasteiger partial charge in [0, 0.05) is 43.4 Å². The molecule has 2 rings (SSSR count). The van der Waals surface area contributed by atoms with E-state index < -0.39 is 0 Å². The van der Waals surface area contributed by atoms with Gasteiger partial charge >= 0.3 is 0 Å². The molecule has 0 aliphatic heterocycles. The van der Waals surface area contributed by atoms with E-state index in [-0.39, 0.29) is 35.7 Å². The van der Waals surface area contributed by atoms with Crippen LogP contribution in [0.15, 0.2) is 58.4 Å². The Morgan fingerprint density at radius 1 is 1.11 bits per heavy atom. The third-order valence-corrected chi connectivity index (χ3v) is 4.89. The van der Waals surface area contributed by atoms with Crippen LogP contribution >= 0.6 is 35.7 Å². The number of guanidine groups is 1. The quantitative estimate of drug-likeness (QED) is 0.166. The van der Waals surface area contributed by atoms with Crippen molar-refractivity contribution in [2.45, 2.75) is 11.3 Å². The molecule has 5 nitrogen and oxygen atoms in total. The number of halogens is 2. The molecule has 2 aromatic carbocycles. The first-order valence-corrected chi connectivity index (χ1v) is 9.75. The zero-order valence-electron chi connectivity index (χ0n) is 16.0. The summed E-state index contributed by atoms with van der Waals surface area (Å²) in [4.78, 5) is 16.5. The molecule has 2 aromatic rings. The van der Waals surface area contributed by atoms with E-state index in [1.165, 1.54) is 17.8 Å². The van der Waals surface area contributed by atoms with Gasteiger partial charge in [-0.2, -0.15) is 0 Å². The molecular formula is C20H26FIN4OS. The molecule has 0 aliphatic rings. The summed E-state index contributed by atoms with van der Waals surface area (Å²) in [5.74, 6) is 1.15. The van der Waals surface area contributed by atoms with Gasteiger partial charge in [-0.05, 0) is 36.2 Å². The summed E-state index contributed by atoms with van der Waals surface area (Å²) >= 11 is 1.47. The summed E-state index contributed by atoms with van der Waals surface area (Å²) in [7, 11) is 3.34. The van der Waals surface area contributed by atoms with Gasteiger partial charge in [-0.3, -0.25) is 9.79 Å². The van der Waals surface area contributed by atoms with E-state index >= 15 is 0 Å². The van der Waals surface area contributed by atoms with E-state index in [9.17, 15) is 9.18 Å². The number of nitrogens with one attached hydrogen (secondary N) is 3. The van der Waals surface area contributed by atoms with E-state index in [1.807, 2.05) is 24.3 Å². The molecule has 0 saturated carbocycles. The summed E-state index contributed by atoms with van der Waals surface area (Å²) in [5.41, 5.74) is 1.73. The smallest absolute Gasteiger partial charge is 0.251 e. The molecule has 1 amide bonds. The lowest BCUT2D eigenvalue weighted by molar-refractivity contribution is 0.0963. The predicted molar refractivity (Wildman–Crippen MR) is 125 cm³/mol. The zero-order chi connectivity index (χ0) is 19.5. The van der Waals surface area contributed by atoms with Gasteiger partial charge in [0.1, 0.15) is 5.82 Å². The van der Waals surface area contributed by atoms with E-state index in [4.69, 9.17) is 0 Å².